The molecule has 9 heteroatoms. The Morgan fingerprint density at radius 3 is 2.28 bits per heavy atom. The molecule has 244 valence electrons. The van der Waals surface area contributed by atoms with Gasteiger partial charge in [-0.15, -0.1) is 0 Å². The number of hydrogen-bond donors (Lipinski definition) is 2. The third kappa shape index (κ3) is 9.42. The van der Waals surface area contributed by atoms with Crippen LogP contribution in [0, 0.1) is 0 Å². The monoisotopic (exact) mass is 626 g/mol. The lowest BCUT2D eigenvalue weighted by molar-refractivity contribution is -0.151. The van der Waals surface area contributed by atoms with Crippen LogP contribution < -0.4 is 10.6 Å². The Hall–Kier alpha value is -4.66. The lowest BCUT2D eigenvalue weighted by Gasteiger charge is -2.43. The number of benzene rings is 3. The predicted molar refractivity (Wildman–Crippen MR) is 180 cm³/mol. The molecule has 0 unspecified atom stereocenters. The second kappa shape index (κ2) is 14.6. The predicted octanol–water partition coefficient (Wildman–Crippen LogP) is 5.03. The number of piperazine rings is 1. The van der Waals surface area contributed by atoms with Gasteiger partial charge in [0.2, 0.25) is 17.7 Å². The van der Waals surface area contributed by atoms with Crippen LogP contribution in [0.5, 0.6) is 0 Å². The van der Waals surface area contributed by atoms with E-state index in [2.05, 4.69) is 34.9 Å². The molecular formula is C37H46N4O5. The van der Waals surface area contributed by atoms with Crippen molar-refractivity contribution < 1.29 is 23.9 Å². The highest BCUT2D eigenvalue weighted by Gasteiger charge is 2.39. The van der Waals surface area contributed by atoms with E-state index in [0.29, 0.717) is 19.3 Å². The van der Waals surface area contributed by atoms with Crippen LogP contribution in [-0.4, -0.2) is 77.0 Å². The van der Waals surface area contributed by atoms with Gasteiger partial charge in [-0.25, -0.2) is 4.79 Å². The molecule has 3 aromatic rings. The summed E-state index contributed by atoms with van der Waals surface area (Å²) in [6, 6.07) is 22.8. The van der Waals surface area contributed by atoms with E-state index in [1.54, 1.807) is 43.7 Å². The van der Waals surface area contributed by atoms with Gasteiger partial charge < -0.3 is 25.2 Å². The van der Waals surface area contributed by atoms with Crippen LogP contribution in [0.4, 0.5) is 4.79 Å². The molecule has 4 rings (SSSR count). The van der Waals surface area contributed by atoms with Crippen molar-refractivity contribution in [3.05, 3.63) is 96.1 Å². The average molecular weight is 627 g/mol. The van der Waals surface area contributed by atoms with Gasteiger partial charge in [-0.2, -0.15) is 0 Å². The second-order valence-electron chi connectivity index (χ2n) is 13.5. The van der Waals surface area contributed by atoms with E-state index in [1.807, 2.05) is 62.4 Å². The average Bonchev–Trinajstić information content (AvgIpc) is 2.99. The van der Waals surface area contributed by atoms with Gasteiger partial charge in [0.1, 0.15) is 18.2 Å². The number of ether oxygens (including phenoxy) is 1. The van der Waals surface area contributed by atoms with Gasteiger partial charge in [-0.1, -0.05) is 78.9 Å². The fourth-order valence-electron chi connectivity index (χ4n) is 5.69. The first-order valence-corrected chi connectivity index (χ1v) is 15.8. The number of amides is 4. The van der Waals surface area contributed by atoms with E-state index >= 15 is 0 Å². The molecule has 1 fully saturated rings. The van der Waals surface area contributed by atoms with Crippen LogP contribution in [0.25, 0.3) is 10.8 Å². The molecule has 3 aromatic carbocycles. The minimum absolute atomic E-state index is 0.150. The number of fused-ring (bicyclic) bond motifs is 1. The molecule has 0 aromatic heterocycles. The molecule has 2 N–H and O–H groups in total. The molecule has 1 aliphatic rings. The standard InChI is InChI=1S/C37H46N4O5/c1-36(2,3)46-35(45)39-37(4,5)20-12-17-32(42)40-25-33(43)41(31(34(44)38-6)23-26-13-8-7-9-14-26)24-30(40)22-27-18-19-28-15-10-11-16-29(28)21-27/h7-19,21,30-31H,20,22-25H2,1-6H3,(H,38,44)(H,39,45)/b17-12+/t30-,31-/m1/s1. The molecule has 1 heterocycles. The SMILES string of the molecule is CNC(=O)[C@@H](Cc1ccccc1)N1C[C@@H](Cc2ccc3ccccc3c2)N(C(=O)/C=C/CC(C)(C)NC(=O)OC(C)(C)C)CC1=O. The van der Waals surface area contributed by atoms with E-state index in [0.717, 1.165) is 21.9 Å². The van der Waals surface area contributed by atoms with Crippen molar-refractivity contribution in [3.8, 4) is 0 Å². The van der Waals surface area contributed by atoms with E-state index < -0.39 is 23.3 Å². The first-order valence-electron chi connectivity index (χ1n) is 15.8. The van der Waals surface area contributed by atoms with Gasteiger partial charge in [0.15, 0.2) is 0 Å². The van der Waals surface area contributed by atoms with E-state index in [9.17, 15) is 19.2 Å². The van der Waals surface area contributed by atoms with Gasteiger partial charge in [0, 0.05) is 25.6 Å². The number of nitrogens with zero attached hydrogens (tertiary/aromatic N) is 2. The maximum atomic E-state index is 13.7. The van der Waals surface area contributed by atoms with E-state index in [4.69, 9.17) is 4.74 Å². The Morgan fingerprint density at radius 1 is 0.935 bits per heavy atom. The van der Waals surface area contributed by atoms with Crippen LogP contribution in [0.15, 0.2) is 84.9 Å². The lowest BCUT2D eigenvalue weighted by Crippen LogP contribution is -2.63. The zero-order valence-corrected chi connectivity index (χ0v) is 27.7. The van der Waals surface area contributed by atoms with Crippen molar-refractivity contribution in [3.63, 3.8) is 0 Å². The highest BCUT2D eigenvalue weighted by Crippen LogP contribution is 2.23. The fourth-order valence-corrected chi connectivity index (χ4v) is 5.69. The molecule has 0 bridgehead atoms. The topological polar surface area (TPSA) is 108 Å². The summed E-state index contributed by atoms with van der Waals surface area (Å²) in [5, 5.41) is 7.78. The minimum Gasteiger partial charge on any atom is -0.444 e. The first-order chi connectivity index (χ1) is 21.7. The number of nitrogens with one attached hydrogen (secondary N) is 2. The smallest absolute Gasteiger partial charge is 0.408 e. The quantitative estimate of drug-likeness (QED) is 0.307. The first kappa shape index (κ1) is 34.2. The summed E-state index contributed by atoms with van der Waals surface area (Å²) in [6.45, 7) is 9.15. The number of likely N-dealkylation sites (N-methyl/N-ethyl adjacent to an activating group) is 1. The maximum absolute atomic E-state index is 13.7. The number of carbonyl (C=O) groups excluding carboxylic acids is 4. The summed E-state index contributed by atoms with van der Waals surface area (Å²) < 4.78 is 5.38. The Kier molecular flexibility index (Phi) is 10.9. The highest BCUT2D eigenvalue weighted by atomic mass is 16.6. The summed E-state index contributed by atoms with van der Waals surface area (Å²) in [6.07, 6.45) is 3.89. The molecule has 1 saturated heterocycles. The van der Waals surface area contributed by atoms with Crippen molar-refractivity contribution >= 4 is 34.6 Å². The van der Waals surface area contributed by atoms with Gasteiger partial charge >= 0.3 is 6.09 Å². The second-order valence-corrected chi connectivity index (χ2v) is 13.5. The van der Waals surface area contributed by atoms with E-state index in [-0.39, 0.29) is 36.9 Å². The van der Waals surface area contributed by atoms with Gasteiger partial charge in [-0.05, 0) is 75.4 Å². The van der Waals surface area contributed by atoms with Crippen molar-refractivity contribution in [2.24, 2.45) is 0 Å². The molecule has 9 nitrogen and oxygen atoms in total. The van der Waals surface area contributed by atoms with Crippen LogP contribution in [-0.2, 0) is 32.0 Å². The zero-order valence-electron chi connectivity index (χ0n) is 27.7. The zero-order chi connectivity index (χ0) is 33.5. The van der Waals surface area contributed by atoms with Crippen LogP contribution in [0.1, 0.15) is 52.2 Å². The Balaban J connectivity index is 1.57. The number of alkyl carbamates (subject to hydrolysis) is 1. The van der Waals surface area contributed by atoms with E-state index in [1.165, 1.54) is 6.08 Å². The maximum Gasteiger partial charge on any atom is 0.408 e. The van der Waals surface area contributed by atoms with Gasteiger partial charge in [0.05, 0.1) is 6.04 Å². The van der Waals surface area contributed by atoms with Crippen LogP contribution in [0.3, 0.4) is 0 Å². The highest BCUT2D eigenvalue weighted by molar-refractivity contribution is 5.94. The number of hydrogen-bond acceptors (Lipinski definition) is 5. The summed E-state index contributed by atoms with van der Waals surface area (Å²) in [4.78, 5) is 56.0. The van der Waals surface area contributed by atoms with Crippen molar-refractivity contribution in [2.45, 2.75) is 77.1 Å². The summed E-state index contributed by atoms with van der Waals surface area (Å²) in [5.41, 5.74) is 0.676. The van der Waals surface area contributed by atoms with Gasteiger partial charge in [0.25, 0.3) is 0 Å². The Labute approximate surface area is 272 Å². The molecule has 0 aliphatic carbocycles. The Morgan fingerprint density at radius 2 is 1.61 bits per heavy atom. The normalized spacial score (nSPS) is 16.4. The molecule has 0 radical (unpaired) electrons. The molecule has 1 aliphatic heterocycles. The molecule has 0 saturated carbocycles. The molecule has 0 spiro atoms. The van der Waals surface area contributed by atoms with Crippen molar-refractivity contribution in [1.82, 2.24) is 20.4 Å². The number of carbonyl (C=O) groups is 4. The largest absolute Gasteiger partial charge is 0.444 e. The molecule has 4 amide bonds. The van der Waals surface area contributed by atoms with Crippen LogP contribution >= 0.6 is 0 Å². The fraction of sp³-hybridized carbons (Fsp3) is 0.405. The molecule has 2 atom stereocenters. The van der Waals surface area contributed by atoms with Crippen LogP contribution in [0.2, 0.25) is 0 Å². The molecule has 46 heavy (non-hydrogen) atoms. The summed E-state index contributed by atoms with van der Waals surface area (Å²) in [5.74, 6) is -0.833. The summed E-state index contributed by atoms with van der Waals surface area (Å²) in [7, 11) is 1.57. The third-order valence-electron chi connectivity index (χ3n) is 7.97. The lowest BCUT2D eigenvalue weighted by atomic mass is 9.96. The Bertz CT molecular complexity index is 1580. The minimum atomic E-state index is -0.716. The molecular weight excluding hydrogens is 580 g/mol. The van der Waals surface area contributed by atoms with Gasteiger partial charge in [-0.3, -0.25) is 14.4 Å². The van der Waals surface area contributed by atoms with Crippen molar-refractivity contribution in [1.29, 1.82) is 0 Å². The third-order valence-corrected chi connectivity index (χ3v) is 7.97. The summed E-state index contributed by atoms with van der Waals surface area (Å²) >= 11 is 0. The number of rotatable bonds is 10. The van der Waals surface area contributed by atoms with Crippen molar-refractivity contribution in [2.75, 3.05) is 20.1 Å².